The maximum Gasteiger partial charge on any atom is 0.255 e. The largest absolute Gasteiger partial charge is 0.369 e. The Morgan fingerprint density at radius 1 is 0.939 bits per heavy atom. The molecular weight excluding hydrogens is 430 g/mol. The summed E-state index contributed by atoms with van der Waals surface area (Å²) in [6.07, 6.45) is 0.576. The molecule has 172 valence electrons. The van der Waals surface area contributed by atoms with Crippen LogP contribution in [-0.2, 0) is 22.7 Å². The van der Waals surface area contributed by atoms with Gasteiger partial charge < -0.3 is 9.80 Å². The Bertz CT molecular complexity index is 1110. The van der Waals surface area contributed by atoms with Crippen LogP contribution in [0.15, 0.2) is 36.4 Å². The van der Waals surface area contributed by atoms with Crippen molar-refractivity contribution in [3.8, 4) is 0 Å². The van der Waals surface area contributed by atoms with Gasteiger partial charge in [-0.15, -0.1) is 0 Å². The van der Waals surface area contributed by atoms with Gasteiger partial charge in [-0.05, 0) is 35.7 Å². The summed E-state index contributed by atoms with van der Waals surface area (Å²) >= 11 is 0. The summed E-state index contributed by atoms with van der Waals surface area (Å²) in [5.41, 5.74) is 3.10. The molecule has 9 heteroatoms. The second-order valence-corrected chi connectivity index (χ2v) is 8.78. The van der Waals surface area contributed by atoms with E-state index in [2.05, 4.69) is 10.2 Å². The first-order valence-corrected chi connectivity index (χ1v) is 11.1. The van der Waals surface area contributed by atoms with Crippen LogP contribution in [0, 0.1) is 11.6 Å². The Morgan fingerprint density at radius 2 is 1.67 bits per heavy atom. The fourth-order valence-corrected chi connectivity index (χ4v) is 4.87. The van der Waals surface area contributed by atoms with Crippen LogP contribution in [0.5, 0.6) is 0 Å². The van der Waals surface area contributed by atoms with Crippen LogP contribution in [0.25, 0.3) is 0 Å². The molecule has 5 rings (SSSR count). The molecule has 0 spiro atoms. The summed E-state index contributed by atoms with van der Waals surface area (Å²) in [6.45, 7) is 3.87. The van der Waals surface area contributed by atoms with E-state index in [1.807, 2.05) is 23.1 Å². The number of benzene rings is 2. The number of imide groups is 1. The first-order chi connectivity index (χ1) is 15.9. The number of carbonyl (C=O) groups excluding carboxylic acids is 3. The Kier molecular flexibility index (Phi) is 5.57. The number of carbonyl (C=O) groups is 3. The van der Waals surface area contributed by atoms with Crippen LogP contribution < -0.4 is 10.2 Å². The number of piperazine rings is 1. The van der Waals surface area contributed by atoms with Crippen LogP contribution in [-0.4, -0.2) is 59.7 Å². The smallest absolute Gasteiger partial charge is 0.255 e. The molecule has 0 saturated carbocycles. The fraction of sp³-hybridized carbons (Fsp3) is 0.375. The number of amides is 3. The van der Waals surface area contributed by atoms with Gasteiger partial charge in [-0.25, -0.2) is 8.78 Å². The van der Waals surface area contributed by atoms with Crippen molar-refractivity contribution in [1.29, 1.82) is 0 Å². The normalized spacial score (nSPS) is 21.4. The van der Waals surface area contributed by atoms with Gasteiger partial charge in [0.25, 0.3) is 5.91 Å². The predicted octanol–water partition coefficient (Wildman–Crippen LogP) is 2.05. The summed E-state index contributed by atoms with van der Waals surface area (Å²) < 4.78 is 27.1. The predicted molar refractivity (Wildman–Crippen MR) is 116 cm³/mol. The van der Waals surface area contributed by atoms with Gasteiger partial charge in [-0.2, -0.15) is 0 Å². The molecule has 1 unspecified atom stereocenters. The molecule has 2 aromatic rings. The molecule has 33 heavy (non-hydrogen) atoms. The standard InChI is InChI=1S/C24H24F2N4O3/c25-17-10-18(26)12-19(11-17)29-7-5-28(6-8-29)13-15-1-2-20-16(9-15)14-30(24(20)33)21-3-4-22(31)27-23(21)32/h1-2,9-12,21H,3-8,13-14H2,(H,27,31,32). The van der Waals surface area contributed by atoms with E-state index in [-0.39, 0.29) is 18.2 Å². The van der Waals surface area contributed by atoms with Gasteiger partial charge in [0.1, 0.15) is 17.7 Å². The van der Waals surface area contributed by atoms with E-state index in [4.69, 9.17) is 0 Å². The minimum absolute atomic E-state index is 0.179. The first kappa shape index (κ1) is 21.5. The van der Waals surface area contributed by atoms with Gasteiger partial charge in [-0.1, -0.05) is 12.1 Å². The molecule has 7 nitrogen and oxygen atoms in total. The topological polar surface area (TPSA) is 73.0 Å². The van der Waals surface area contributed by atoms with Crippen molar-refractivity contribution < 1.29 is 23.2 Å². The second-order valence-electron chi connectivity index (χ2n) is 8.78. The van der Waals surface area contributed by atoms with E-state index < -0.39 is 23.6 Å². The minimum atomic E-state index is -0.619. The van der Waals surface area contributed by atoms with Gasteiger partial charge in [0.05, 0.1) is 0 Å². The van der Waals surface area contributed by atoms with Crippen molar-refractivity contribution in [1.82, 2.24) is 15.1 Å². The highest BCUT2D eigenvalue weighted by Crippen LogP contribution is 2.29. The number of hydrogen-bond donors (Lipinski definition) is 1. The van der Waals surface area contributed by atoms with Crippen LogP contribution in [0.2, 0.25) is 0 Å². The van der Waals surface area contributed by atoms with E-state index >= 15 is 0 Å². The van der Waals surface area contributed by atoms with Crippen LogP contribution in [0.3, 0.4) is 0 Å². The van der Waals surface area contributed by atoms with Gasteiger partial charge in [0, 0.05) is 63.0 Å². The molecule has 0 bridgehead atoms. The number of piperidine rings is 1. The maximum atomic E-state index is 13.5. The average Bonchev–Trinajstić information content (AvgIpc) is 3.09. The van der Waals surface area contributed by atoms with Gasteiger partial charge in [0.15, 0.2) is 0 Å². The van der Waals surface area contributed by atoms with E-state index in [0.717, 1.165) is 30.3 Å². The number of anilines is 1. The highest BCUT2D eigenvalue weighted by Gasteiger charge is 2.39. The molecule has 2 saturated heterocycles. The molecule has 2 fully saturated rings. The molecule has 1 atom stereocenters. The molecule has 0 aliphatic carbocycles. The Morgan fingerprint density at radius 3 is 2.36 bits per heavy atom. The van der Waals surface area contributed by atoms with Crippen molar-refractivity contribution in [2.45, 2.75) is 32.0 Å². The zero-order valence-corrected chi connectivity index (χ0v) is 18.0. The van der Waals surface area contributed by atoms with E-state index in [0.29, 0.717) is 43.9 Å². The Hall–Kier alpha value is -3.33. The Labute approximate surface area is 189 Å². The summed E-state index contributed by atoms with van der Waals surface area (Å²) in [4.78, 5) is 42.3. The molecule has 1 N–H and O–H groups in total. The quantitative estimate of drug-likeness (QED) is 0.716. The summed E-state index contributed by atoms with van der Waals surface area (Å²) in [5.74, 6) is -2.05. The van der Waals surface area contributed by atoms with E-state index in [1.54, 1.807) is 4.90 Å². The lowest BCUT2D eigenvalue weighted by atomic mass is 10.0. The lowest BCUT2D eigenvalue weighted by Crippen LogP contribution is -2.52. The summed E-state index contributed by atoms with van der Waals surface area (Å²) in [7, 11) is 0. The molecular formula is C24H24F2N4O3. The lowest BCUT2D eigenvalue weighted by Gasteiger charge is -2.36. The Balaban J connectivity index is 1.21. The zero-order valence-electron chi connectivity index (χ0n) is 18.0. The van der Waals surface area contributed by atoms with Crippen molar-refractivity contribution >= 4 is 23.4 Å². The van der Waals surface area contributed by atoms with Crippen molar-refractivity contribution in [2.24, 2.45) is 0 Å². The molecule has 3 aliphatic rings. The highest BCUT2D eigenvalue weighted by atomic mass is 19.1. The SMILES string of the molecule is O=C1CCC(N2Cc3cc(CN4CCN(c5cc(F)cc(F)c5)CC4)ccc3C2=O)C(=O)N1. The summed E-state index contributed by atoms with van der Waals surface area (Å²) in [6, 6.07) is 8.71. The third-order valence-corrected chi connectivity index (χ3v) is 6.58. The molecule has 3 aliphatic heterocycles. The second kappa shape index (κ2) is 8.55. The van der Waals surface area contributed by atoms with Crippen molar-refractivity contribution in [3.05, 3.63) is 64.7 Å². The van der Waals surface area contributed by atoms with Crippen molar-refractivity contribution in [3.63, 3.8) is 0 Å². The fourth-order valence-electron chi connectivity index (χ4n) is 4.87. The van der Waals surface area contributed by atoms with Crippen LogP contribution >= 0.6 is 0 Å². The van der Waals surface area contributed by atoms with Gasteiger partial charge in [-0.3, -0.25) is 24.6 Å². The van der Waals surface area contributed by atoms with Crippen LogP contribution in [0.4, 0.5) is 14.5 Å². The summed E-state index contributed by atoms with van der Waals surface area (Å²) in [5, 5.41) is 2.32. The lowest BCUT2D eigenvalue weighted by molar-refractivity contribution is -0.136. The number of halogens is 2. The number of rotatable bonds is 4. The maximum absolute atomic E-state index is 13.5. The van der Waals surface area contributed by atoms with Crippen LogP contribution in [0.1, 0.15) is 34.3 Å². The van der Waals surface area contributed by atoms with Crippen molar-refractivity contribution in [2.75, 3.05) is 31.1 Å². The molecule has 3 amide bonds. The van der Waals surface area contributed by atoms with Gasteiger partial charge >= 0.3 is 0 Å². The van der Waals surface area contributed by atoms with Gasteiger partial charge in [0.2, 0.25) is 11.8 Å². The highest BCUT2D eigenvalue weighted by molar-refractivity contribution is 6.05. The van der Waals surface area contributed by atoms with E-state index in [9.17, 15) is 23.2 Å². The third-order valence-electron chi connectivity index (χ3n) is 6.58. The number of hydrogen-bond acceptors (Lipinski definition) is 5. The van der Waals surface area contributed by atoms with E-state index in [1.165, 1.54) is 12.1 Å². The average molecular weight is 454 g/mol. The molecule has 2 aromatic carbocycles. The molecule has 0 aromatic heterocycles. The molecule has 0 radical (unpaired) electrons. The zero-order chi connectivity index (χ0) is 23.1. The third kappa shape index (κ3) is 4.32. The monoisotopic (exact) mass is 454 g/mol. The number of fused-ring (bicyclic) bond motifs is 1. The number of nitrogens with zero attached hydrogens (tertiary/aromatic N) is 3. The minimum Gasteiger partial charge on any atom is -0.369 e. The molecule has 3 heterocycles. The number of nitrogens with one attached hydrogen (secondary N) is 1. The first-order valence-electron chi connectivity index (χ1n) is 11.1.